The maximum atomic E-state index is 12.8. The fourth-order valence-electron chi connectivity index (χ4n) is 2.34. The van der Waals surface area contributed by atoms with Gasteiger partial charge < -0.3 is 0 Å². The minimum Gasteiger partial charge on any atom is -0.289 e. The van der Waals surface area contributed by atoms with Crippen LogP contribution in [0.4, 0.5) is 0 Å². The van der Waals surface area contributed by atoms with Crippen LogP contribution in [0.15, 0.2) is 83.3 Å². The van der Waals surface area contributed by atoms with Gasteiger partial charge in [0.05, 0.1) is 0 Å². The van der Waals surface area contributed by atoms with Crippen molar-refractivity contribution < 1.29 is 4.79 Å². The minimum atomic E-state index is 0.0377. The first-order chi connectivity index (χ1) is 10.3. The second-order valence-corrected chi connectivity index (χ2v) is 5.67. The van der Waals surface area contributed by atoms with Crippen molar-refractivity contribution in [3.63, 3.8) is 0 Å². The van der Waals surface area contributed by atoms with Gasteiger partial charge in [0.1, 0.15) is 0 Å². The Hall–Kier alpha value is -2.19. The van der Waals surface area contributed by atoms with E-state index in [1.807, 2.05) is 78.9 Å². The van der Waals surface area contributed by atoms with Gasteiger partial charge in [-0.3, -0.25) is 4.79 Å². The van der Waals surface area contributed by atoms with Gasteiger partial charge in [-0.05, 0) is 23.3 Å². The van der Waals surface area contributed by atoms with E-state index in [2.05, 4.69) is 15.9 Å². The summed E-state index contributed by atoms with van der Waals surface area (Å²) in [5, 5.41) is 0. The second kappa shape index (κ2) is 6.06. The van der Waals surface area contributed by atoms with Crippen LogP contribution in [0.1, 0.15) is 15.9 Å². The van der Waals surface area contributed by atoms with E-state index < -0.39 is 0 Å². The molecular weight excluding hydrogens is 324 g/mol. The van der Waals surface area contributed by atoms with E-state index in [9.17, 15) is 4.79 Å². The summed E-state index contributed by atoms with van der Waals surface area (Å²) in [6, 6.07) is 25.2. The maximum absolute atomic E-state index is 12.8. The Labute approximate surface area is 132 Å². The Morgan fingerprint density at radius 2 is 1.48 bits per heavy atom. The molecular formula is C19H13BrO. The van der Waals surface area contributed by atoms with Gasteiger partial charge >= 0.3 is 0 Å². The Morgan fingerprint density at radius 3 is 2.24 bits per heavy atom. The largest absolute Gasteiger partial charge is 0.289 e. The van der Waals surface area contributed by atoms with Crippen molar-refractivity contribution in [2.24, 2.45) is 0 Å². The summed E-state index contributed by atoms with van der Waals surface area (Å²) in [4.78, 5) is 12.8. The van der Waals surface area contributed by atoms with E-state index >= 15 is 0 Å². The molecule has 0 spiro atoms. The Bertz CT molecular complexity index is 778. The maximum Gasteiger partial charge on any atom is 0.193 e. The molecule has 3 aromatic rings. The van der Waals surface area contributed by atoms with Crippen molar-refractivity contribution in [2.75, 3.05) is 0 Å². The quantitative estimate of drug-likeness (QED) is 0.589. The fourth-order valence-corrected chi connectivity index (χ4v) is 2.74. The first kappa shape index (κ1) is 13.8. The van der Waals surface area contributed by atoms with Crippen molar-refractivity contribution in [3.8, 4) is 11.1 Å². The average molecular weight is 337 g/mol. The third kappa shape index (κ3) is 2.96. The van der Waals surface area contributed by atoms with Crippen molar-refractivity contribution in [1.82, 2.24) is 0 Å². The van der Waals surface area contributed by atoms with Crippen molar-refractivity contribution in [2.45, 2.75) is 0 Å². The zero-order chi connectivity index (χ0) is 14.7. The summed E-state index contributed by atoms with van der Waals surface area (Å²) in [6.45, 7) is 0. The van der Waals surface area contributed by atoms with E-state index in [4.69, 9.17) is 0 Å². The van der Waals surface area contributed by atoms with Gasteiger partial charge in [0.2, 0.25) is 0 Å². The highest BCUT2D eigenvalue weighted by molar-refractivity contribution is 9.10. The predicted molar refractivity (Wildman–Crippen MR) is 89.5 cm³/mol. The highest BCUT2D eigenvalue weighted by atomic mass is 79.9. The zero-order valence-electron chi connectivity index (χ0n) is 11.3. The number of carbonyl (C=O) groups is 1. The molecule has 1 nitrogen and oxygen atoms in total. The van der Waals surface area contributed by atoms with E-state index in [1.54, 1.807) is 0 Å². The Kier molecular flexibility index (Phi) is 3.98. The fraction of sp³-hybridized carbons (Fsp3) is 0. The van der Waals surface area contributed by atoms with Gasteiger partial charge in [-0.2, -0.15) is 0 Å². The summed E-state index contributed by atoms with van der Waals surface area (Å²) in [5.41, 5.74) is 3.43. The van der Waals surface area contributed by atoms with Crippen LogP contribution in [0.5, 0.6) is 0 Å². The highest BCUT2D eigenvalue weighted by Gasteiger charge is 2.14. The first-order valence-electron chi connectivity index (χ1n) is 6.70. The molecule has 0 atom stereocenters. The average Bonchev–Trinajstić information content (AvgIpc) is 2.55. The number of ketones is 1. The molecule has 0 bridgehead atoms. The zero-order valence-corrected chi connectivity index (χ0v) is 12.9. The van der Waals surface area contributed by atoms with Crippen molar-refractivity contribution >= 4 is 21.7 Å². The van der Waals surface area contributed by atoms with Crippen molar-refractivity contribution in [1.29, 1.82) is 0 Å². The lowest BCUT2D eigenvalue weighted by molar-refractivity contribution is 0.103. The van der Waals surface area contributed by atoms with Crippen molar-refractivity contribution in [3.05, 3.63) is 94.5 Å². The molecule has 0 aliphatic carbocycles. The van der Waals surface area contributed by atoms with Gasteiger partial charge in [0.15, 0.2) is 5.78 Å². The predicted octanol–water partition coefficient (Wildman–Crippen LogP) is 5.35. The van der Waals surface area contributed by atoms with Crippen LogP contribution in [-0.2, 0) is 0 Å². The SMILES string of the molecule is O=C(c1cccc(Br)c1)c1ccccc1-c1ccccc1. The molecule has 0 saturated carbocycles. The van der Waals surface area contributed by atoms with E-state index in [0.717, 1.165) is 21.2 Å². The van der Waals surface area contributed by atoms with Gasteiger partial charge in [-0.25, -0.2) is 0 Å². The minimum absolute atomic E-state index is 0.0377. The van der Waals surface area contributed by atoms with Gasteiger partial charge in [0, 0.05) is 15.6 Å². The molecule has 0 aliphatic heterocycles. The lowest BCUT2D eigenvalue weighted by Gasteiger charge is -2.09. The Morgan fingerprint density at radius 1 is 0.762 bits per heavy atom. The second-order valence-electron chi connectivity index (χ2n) is 4.75. The summed E-state index contributed by atoms with van der Waals surface area (Å²) < 4.78 is 0.908. The van der Waals surface area contributed by atoms with Crippen LogP contribution in [0, 0.1) is 0 Å². The molecule has 2 heteroatoms. The van der Waals surface area contributed by atoms with Gasteiger partial charge in [0.25, 0.3) is 0 Å². The smallest absolute Gasteiger partial charge is 0.193 e. The van der Waals surface area contributed by atoms with E-state index in [1.165, 1.54) is 0 Å². The van der Waals surface area contributed by atoms with Crippen LogP contribution >= 0.6 is 15.9 Å². The number of hydrogen-bond donors (Lipinski definition) is 0. The molecule has 0 unspecified atom stereocenters. The molecule has 0 saturated heterocycles. The first-order valence-corrected chi connectivity index (χ1v) is 7.50. The summed E-state index contributed by atoms with van der Waals surface area (Å²) >= 11 is 3.41. The topological polar surface area (TPSA) is 17.1 Å². The molecule has 0 fully saturated rings. The number of carbonyl (C=O) groups excluding carboxylic acids is 1. The van der Waals surface area contributed by atoms with Crippen LogP contribution in [0.2, 0.25) is 0 Å². The van der Waals surface area contributed by atoms with Crippen LogP contribution in [-0.4, -0.2) is 5.78 Å². The monoisotopic (exact) mass is 336 g/mol. The number of halogens is 1. The number of benzene rings is 3. The van der Waals surface area contributed by atoms with E-state index in [-0.39, 0.29) is 5.78 Å². The molecule has 0 aliphatic rings. The van der Waals surface area contributed by atoms with Crippen LogP contribution in [0.3, 0.4) is 0 Å². The molecule has 0 amide bonds. The molecule has 0 N–H and O–H groups in total. The normalized spacial score (nSPS) is 10.3. The van der Waals surface area contributed by atoms with Gasteiger partial charge in [-0.15, -0.1) is 0 Å². The molecule has 0 radical (unpaired) electrons. The molecule has 0 aromatic heterocycles. The number of rotatable bonds is 3. The van der Waals surface area contributed by atoms with Crippen LogP contribution < -0.4 is 0 Å². The molecule has 21 heavy (non-hydrogen) atoms. The lowest BCUT2D eigenvalue weighted by atomic mass is 9.94. The Balaban J connectivity index is 2.09. The standard InChI is InChI=1S/C19H13BrO/c20-16-10-6-9-15(13-16)19(21)18-12-5-4-11-17(18)14-7-2-1-3-8-14/h1-13H. The number of hydrogen-bond acceptors (Lipinski definition) is 1. The third-order valence-electron chi connectivity index (χ3n) is 3.34. The summed E-state index contributed by atoms with van der Waals surface area (Å²) in [5.74, 6) is 0.0377. The molecule has 0 heterocycles. The van der Waals surface area contributed by atoms with E-state index in [0.29, 0.717) is 5.56 Å². The van der Waals surface area contributed by atoms with Gasteiger partial charge in [-0.1, -0.05) is 82.7 Å². The third-order valence-corrected chi connectivity index (χ3v) is 3.84. The molecule has 3 rings (SSSR count). The highest BCUT2D eigenvalue weighted by Crippen LogP contribution is 2.26. The lowest BCUT2D eigenvalue weighted by Crippen LogP contribution is -2.03. The van der Waals surface area contributed by atoms with Crippen LogP contribution in [0.25, 0.3) is 11.1 Å². The summed E-state index contributed by atoms with van der Waals surface area (Å²) in [7, 11) is 0. The molecule has 3 aromatic carbocycles. The molecule has 102 valence electrons. The summed E-state index contributed by atoms with van der Waals surface area (Å²) in [6.07, 6.45) is 0.